The number of carbonyl (C=O) groups excluding carboxylic acids is 2. The summed E-state index contributed by atoms with van der Waals surface area (Å²) >= 11 is 0. The molecule has 35 heavy (non-hydrogen) atoms. The van der Waals surface area contributed by atoms with Crippen LogP contribution >= 0.6 is 0 Å². The maximum absolute atomic E-state index is 14.7. The Labute approximate surface area is 198 Å². The number of hydrogen-bond donors (Lipinski definition) is 2. The van der Waals surface area contributed by atoms with Gasteiger partial charge in [0.1, 0.15) is 12.2 Å². The van der Waals surface area contributed by atoms with Gasteiger partial charge in [0.15, 0.2) is 5.82 Å². The van der Waals surface area contributed by atoms with Gasteiger partial charge < -0.3 is 10.2 Å². The van der Waals surface area contributed by atoms with Gasteiger partial charge in [-0.2, -0.15) is 4.39 Å². The van der Waals surface area contributed by atoms with Crippen LogP contribution in [0.15, 0.2) is 51.8 Å². The van der Waals surface area contributed by atoms with Crippen molar-refractivity contribution in [2.75, 3.05) is 6.54 Å². The number of nitrogens with one attached hydrogen (secondary N) is 2. The Balaban J connectivity index is 1.38. The van der Waals surface area contributed by atoms with E-state index in [4.69, 9.17) is 0 Å². The predicted octanol–water partition coefficient (Wildman–Crippen LogP) is 2.16. The molecule has 0 unspecified atom stereocenters. The first kappa shape index (κ1) is 22.9. The number of benzene rings is 1. The first-order valence-corrected chi connectivity index (χ1v) is 11.4. The van der Waals surface area contributed by atoms with E-state index in [1.807, 2.05) is 6.07 Å². The lowest BCUT2D eigenvalue weighted by Gasteiger charge is -2.26. The summed E-state index contributed by atoms with van der Waals surface area (Å²) in [6, 6.07) is 10.4. The second-order valence-corrected chi connectivity index (χ2v) is 8.86. The van der Waals surface area contributed by atoms with Crippen molar-refractivity contribution in [3.05, 3.63) is 81.6 Å². The van der Waals surface area contributed by atoms with Crippen molar-refractivity contribution < 1.29 is 22.9 Å². The fourth-order valence-corrected chi connectivity index (χ4v) is 4.42. The van der Waals surface area contributed by atoms with E-state index in [2.05, 4.69) is 25.0 Å². The molecule has 3 aromatic rings. The minimum absolute atomic E-state index is 0.0148. The van der Waals surface area contributed by atoms with Crippen LogP contribution in [0.2, 0.25) is 0 Å². The van der Waals surface area contributed by atoms with Crippen molar-refractivity contribution in [3.8, 4) is 0 Å². The van der Waals surface area contributed by atoms with E-state index in [-0.39, 0.29) is 31.1 Å². The maximum Gasteiger partial charge on any atom is 0.438 e. The van der Waals surface area contributed by atoms with Crippen molar-refractivity contribution >= 4 is 11.8 Å². The van der Waals surface area contributed by atoms with E-state index >= 15 is 0 Å². The predicted molar refractivity (Wildman–Crippen MR) is 118 cm³/mol. The topological polar surface area (TPSA) is 121 Å². The first-order valence-electron chi connectivity index (χ1n) is 11.4. The van der Waals surface area contributed by atoms with Gasteiger partial charge in [-0.15, -0.1) is 0 Å². The van der Waals surface area contributed by atoms with Crippen LogP contribution in [-0.2, 0) is 16.0 Å². The standard InChI is InChI=1S/C24H23F2N5O4/c25-15-10-18(31(12-15)20(32)11-19-28-24(34)35-30-19)23(33)29-21(14-4-2-1-3-5-14)17-9-8-16(13-6-7-13)22(26)27-17/h1-5,8-9,13,15,18,21H,6-7,10-12H2,(H,29,33)(H,28,30,34)/t15-,18+,21+/m1/s1. The minimum Gasteiger partial charge on any atom is -0.342 e. The molecule has 2 fully saturated rings. The van der Waals surface area contributed by atoms with E-state index < -0.39 is 41.8 Å². The van der Waals surface area contributed by atoms with Crippen molar-refractivity contribution in [2.45, 2.75) is 49.9 Å². The number of alkyl halides is 1. The molecule has 182 valence electrons. The number of nitrogens with zero attached hydrogens (tertiary/aromatic N) is 3. The smallest absolute Gasteiger partial charge is 0.342 e. The summed E-state index contributed by atoms with van der Waals surface area (Å²) in [6.07, 6.45) is -0.0739. The maximum atomic E-state index is 14.7. The molecule has 1 aromatic carbocycles. The SMILES string of the molecule is O=C(N[C@@H](c1ccccc1)c1ccc(C2CC2)c(F)n1)[C@@H]1C[C@@H](F)CN1C(=O)Cc1noc(=O)[nH]1. The number of aromatic amines is 1. The Hall–Kier alpha value is -3.89. The lowest BCUT2D eigenvalue weighted by molar-refractivity contribution is -0.138. The summed E-state index contributed by atoms with van der Waals surface area (Å²) < 4.78 is 33.4. The average molecular weight is 483 g/mol. The number of halogens is 2. The van der Waals surface area contributed by atoms with Gasteiger partial charge in [0.05, 0.1) is 24.7 Å². The Bertz CT molecular complexity index is 1290. The quantitative estimate of drug-likeness (QED) is 0.497. The lowest BCUT2D eigenvalue weighted by Crippen LogP contribution is -2.47. The molecular formula is C24H23F2N5O4. The molecule has 0 bridgehead atoms. The Morgan fingerprint density at radius 3 is 2.63 bits per heavy atom. The zero-order chi connectivity index (χ0) is 24.5. The monoisotopic (exact) mass is 483 g/mol. The summed E-state index contributed by atoms with van der Waals surface area (Å²) in [5.41, 5.74) is 1.53. The Kier molecular flexibility index (Phi) is 6.14. The molecule has 3 atom stereocenters. The molecule has 11 heteroatoms. The van der Waals surface area contributed by atoms with Crippen LogP contribution in [0, 0.1) is 5.95 Å². The Morgan fingerprint density at radius 1 is 1.20 bits per heavy atom. The van der Waals surface area contributed by atoms with Gasteiger partial charge in [0.2, 0.25) is 17.8 Å². The molecule has 1 aliphatic carbocycles. The third kappa shape index (κ3) is 4.98. The van der Waals surface area contributed by atoms with E-state index in [0.29, 0.717) is 16.8 Å². The lowest BCUT2D eigenvalue weighted by atomic mass is 10.0. The fourth-order valence-electron chi connectivity index (χ4n) is 4.42. The number of aromatic nitrogens is 3. The van der Waals surface area contributed by atoms with E-state index in [9.17, 15) is 23.2 Å². The number of hydrogen-bond acceptors (Lipinski definition) is 6. The third-order valence-corrected chi connectivity index (χ3v) is 6.31. The summed E-state index contributed by atoms with van der Waals surface area (Å²) in [7, 11) is 0. The van der Waals surface area contributed by atoms with Gasteiger partial charge in [0, 0.05) is 12.0 Å². The molecule has 1 aliphatic heterocycles. The molecule has 2 N–H and O–H groups in total. The summed E-state index contributed by atoms with van der Waals surface area (Å²) in [5.74, 6) is -2.38. The minimum atomic E-state index is -1.39. The van der Waals surface area contributed by atoms with Gasteiger partial charge in [-0.25, -0.2) is 14.2 Å². The highest BCUT2D eigenvalue weighted by Gasteiger charge is 2.41. The van der Waals surface area contributed by atoms with Crippen LogP contribution in [-0.4, -0.2) is 50.6 Å². The van der Waals surface area contributed by atoms with Crippen LogP contribution in [0.1, 0.15) is 53.9 Å². The molecule has 2 amide bonds. The van der Waals surface area contributed by atoms with E-state index in [0.717, 1.165) is 17.7 Å². The molecule has 2 aromatic heterocycles. The zero-order valence-electron chi connectivity index (χ0n) is 18.6. The van der Waals surface area contributed by atoms with Crippen molar-refractivity contribution in [2.24, 2.45) is 0 Å². The summed E-state index contributed by atoms with van der Waals surface area (Å²) in [4.78, 5) is 44.7. The van der Waals surface area contributed by atoms with Crippen LogP contribution in [0.3, 0.4) is 0 Å². The average Bonchev–Trinajstić information content (AvgIpc) is 3.49. The van der Waals surface area contributed by atoms with Crippen molar-refractivity contribution in [1.82, 2.24) is 25.3 Å². The van der Waals surface area contributed by atoms with Gasteiger partial charge in [-0.05, 0) is 30.4 Å². The number of likely N-dealkylation sites (tertiary alicyclic amines) is 1. The number of pyridine rings is 1. The summed E-state index contributed by atoms with van der Waals surface area (Å²) in [5, 5.41) is 6.28. The zero-order valence-corrected chi connectivity index (χ0v) is 18.6. The van der Waals surface area contributed by atoms with Gasteiger partial charge in [-0.3, -0.25) is 19.1 Å². The van der Waals surface area contributed by atoms with Gasteiger partial charge in [-0.1, -0.05) is 41.6 Å². The van der Waals surface area contributed by atoms with E-state index in [1.165, 1.54) is 0 Å². The number of carbonyl (C=O) groups is 2. The number of rotatable bonds is 7. The highest BCUT2D eigenvalue weighted by atomic mass is 19.1. The molecule has 5 rings (SSSR count). The van der Waals surface area contributed by atoms with Gasteiger partial charge >= 0.3 is 5.76 Å². The van der Waals surface area contributed by atoms with Gasteiger partial charge in [0.25, 0.3) is 0 Å². The normalized spacial score (nSPS) is 20.6. The number of amides is 2. The molecule has 9 nitrogen and oxygen atoms in total. The molecule has 0 spiro atoms. The molecule has 2 aliphatic rings. The van der Waals surface area contributed by atoms with Crippen LogP contribution in [0.4, 0.5) is 8.78 Å². The highest BCUT2D eigenvalue weighted by Crippen LogP contribution is 2.41. The van der Waals surface area contributed by atoms with Crippen molar-refractivity contribution in [3.63, 3.8) is 0 Å². The molecule has 1 saturated carbocycles. The summed E-state index contributed by atoms with van der Waals surface area (Å²) in [6.45, 7) is -0.266. The molecule has 1 saturated heterocycles. The largest absolute Gasteiger partial charge is 0.438 e. The molecular weight excluding hydrogens is 460 g/mol. The molecule has 0 radical (unpaired) electrons. The first-order chi connectivity index (χ1) is 16.9. The second-order valence-electron chi connectivity index (χ2n) is 8.86. The van der Waals surface area contributed by atoms with Crippen LogP contribution in [0.5, 0.6) is 0 Å². The third-order valence-electron chi connectivity index (χ3n) is 6.31. The van der Waals surface area contributed by atoms with Crippen molar-refractivity contribution in [1.29, 1.82) is 0 Å². The fraction of sp³-hybridized carbons (Fsp3) is 0.375. The Morgan fingerprint density at radius 2 is 1.97 bits per heavy atom. The highest BCUT2D eigenvalue weighted by molar-refractivity contribution is 5.89. The number of H-pyrrole nitrogens is 1. The molecule has 3 heterocycles. The van der Waals surface area contributed by atoms with E-state index in [1.54, 1.807) is 36.4 Å². The second kappa shape index (κ2) is 9.40. The van der Waals surface area contributed by atoms with Crippen LogP contribution < -0.4 is 11.1 Å². The van der Waals surface area contributed by atoms with Crippen LogP contribution in [0.25, 0.3) is 0 Å².